The van der Waals surface area contributed by atoms with Crippen LogP contribution in [0, 0.1) is 6.92 Å². The highest BCUT2D eigenvalue weighted by molar-refractivity contribution is 6.38. The van der Waals surface area contributed by atoms with Gasteiger partial charge in [0.15, 0.2) is 0 Å². The van der Waals surface area contributed by atoms with Crippen LogP contribution >= 0.6 is 23.2 Å². The maximum Gasteiger partial charge on any atom is 0.253 e. The summed E-state index contributed by atoms with van der Waals surface area (Å²) >= 11 is 13.3. The molecule has 0 fully saturated rings. The number of fused-ring (bicyclic) bond motifs is 1. The van der Waals surface area contributed by atoms with Crippen molar-refractivity contribution in [1.29, 1.82) is 0 Å². The Morgan fingerprint density at radius 2 is 1.61 bits per heavy atom. The zero-order chi connectivity index (χ0) is 35.8. The summed E-state index contributed by atoms with van der Waals surface area (Å²) < 4.78 is 6.20. The molecule has 0 aliphatic heterocycles. The Hall–Kier alpha value is -4.64. The van der Waals surface area contributed by atoms with Crippen molar-refractivity contribution < 1.29 is 19.1 Å². The third-order valence-electron chi connectivity index (χ3n) is 7.89. The van der Waals surface area contributed by atoms with Gasteiger partial charge in [0.1, 0.15) is 17.9 Å². The molecule has 0 atom stereocenters. The molecule has 0 radical (unpaired) electrons. The highest BCUT2D eigenvalue weighted by atomic mass is 35.5. The molecule has 0 saturated carbocycles. The van der Waals surface area contributed by atoms with E-state index in [9.17, 15) is 14.4 Å². The molecule has 1 heterocycles. The van der Waals surface area contributed by atoms with Crippen molar-refractivity contribution in [2.45, 2.75) is 13.5 Å². The highest BCUT2D eigenvalue weighted by Crippen LogP contribution is 2.36. The summed E-state index contributed by atoms with van der Waals surface area (Å²) in [4.78, 5) is 50.0. The first-order chi connectivity index (χ1) is 23.3. The standard InChI is InChI=1S/C37H42Cl2N6O4/c1-24-21-31(43(4)5)27-9-8-10-32(36(27)41-24)49-23-28-29(38)16-17-30(35(28)39)45(7)34(47)22-40-33(46)18-13-25-11-14-26(15-12-25)37(48)44(6)20-19-42(2)3/h8-18,21H,19-20,22-23H2,1-7H3,(H,40,46). The third-order valence-corrected chi connectivity index (χ3v) is 8.67. The van der Waals surface area contributed by atoms with E-state index in [1.807, 2.05) is 69.2 Å². The van der Waals surface area contributed by atoms with Crippen molar-refractivity contribution in [3.63, 3.8) is 0 Å². The lowest BCUT2D eigenvalue weighted by Gasteiger charge is -2.21. The van der Waals surface area contributed by atoms with E-state index in [0.29, 0.717) is 34.1 Å². The van der Waals surface area contributed by atoms with E-state index in [0.717, 1.165) is 34.4 Å². The Labute approximate surface area is 297 Å². The van der Waals surface area contributed by atoms with Crippen LogP contribution in [0.3, 0.4) is 0 Å². The van der Waals surface area contributed by atoms with Crippen LogP contribution in [0.2, 0.25) is 10.0 Å². The van der Waals surface area contributed by atoms with E-state index in [2.05, 4.69) is 5.32 Å². The SMILES string of the molecule is Cc1cc(N(C)C)c2cccc(OCc3c(Cl)ccc(N(C)C(=O)CNC(=O)C=Cc4ccc(C(=O)N(C)CCN(C)C)cc4)c3Cl)c2n1. The first-order valence-corrected chi connectivity index (χ1v) is 16.4. The summed E-state index contributed by atoms with van der Waals surface area (Å²) in [5.41, 5.74) is 4.83. The second-order valence-electron chi connectivity index (χ2n) is 12.1. The Morgan fingerprint density at radius 3 is 2.29 bits per heavy atom. The van der Waals surface area contributed by atoms with Crippen LogP contribution in [-0.4, -0.2) is 94.4 Å². The molecule has 1 N–H and O–H groups in total. The van der Waals surface area contributed by atoms with E-state index in [1.54, 1.807) is 61.5 Å². The second-order valence-corrected chi connectivity index (χ2v) is 12.9. The average Bonchev–Trinajstić information content (AvgIpc) is 3.07. The molecule has 0 saturated heterocycles. The van der Waals surface area contributed by atoms with E-state index in [4.69, 9.17) is 32.9 Å². The van der Waals surface area contributed by atoms with Gasteiger partial charge in [-0.2, -0.15) is 0 Å². The minimum absolute atomic E-state index is 0.0450. The largest absolute Gasteiger partial charge is 0.487 e. The molecule has 12 heteroatoms. The summed E-state index contributed by atoms with van der Waals surface area (Å²) in [5, 5.41) is 4.21. The number of aryl methyl sites for hydroxylation is 1. The minimum atomic E-state index is -0.446. The van der Waals surface area contributed by atoms with Gasteiger partial charge in [-0.05, 0) is 69.1 Å². The van der Waals surface area contributed by atoms with Gasteiger partial charge in [-0.25, -0.2) is 4.98 Å². The number of hydrogen-bond donors (Lipinski definition) is 1. The molecular weight excluding hydrogens is 663 g/mol. The number of hydrogen-bond acceptors (Lipinski definition) is 7. The molecule has 1 aromatic heterocycles. The van der Waals surface area contributed by atoms with Crippen LogP contribution in [-0.2, 0) is 16.2 Å². The molecule has 258 valence electrons. The molecule has 3 aromatic carbocycles. The molecule has 0 aliphatic rings. The lowest BCUT2D eigenvalue weighted by molar-refractivity contribution is -0.122. The molecule has 0 unspecified atom stereocenters. The van der Waals surface area contributed by atoms with Gasteiger partial charge in [-0.3, -0.25) is 14.4 Å². The van der Waals surface area contributed by atoms with Crippen molar-refractivity contribution in [3.8, 4) is 5.75 Å². The fourth-order valence-electron chi connectivity index (χ4n) is 5.00. The van der Waals surface area contributed by atoms with Gasteiger partial charge in [-0.1, -0.05) is 47.5 Å². The third kappa shape index (κ3) is 9.50. The van der Waals surface area contributed by atoms with Gasteiger partial charge in [0.2, 0.25) is 11.8 Å². The Morgan fingerprint density at radius 1 is 0.898 bits per heavy atom. The number of amides is 3. The number of carbonyl (C=O) groups is 3. The molecule has 0 bridgehead atoms. The number of pyridine rings is 1. The van der Waals surface area contributed by atoms with Crippen LogP contribution in [0.15, 0.2) is 66.7 Å². The lowest BCUT2D eigenvalue weighted by Crippen LogP contribution is -2.37. The number of rotatable bonds is 13. The normalized spacial score (nSPS) is 11.2. The van der Waals surface area contributed by atoms with Gasteiger partial charge in [-0.15, -0.1) is 0 Å². The number of nitrogens with zero attached hydrogens (tertiary/aromatic N) is 5. The summed E-state index contributed by atoms with van der Waals surface area (Å²) in [6, 6.07) is 18.0. The number of halogens is 2. The van der Waals surface area contributed by atoms with Gasteiger partial charge >= 0.3 is 0 Å². The van der Waals surface area contributed by atoms with Crippen LogP contribution in [0.5, 0.6) is 5.75 Å². The lowest BCUT2D eigenvalue weighted by atomic mass is 10.1. The van der Waals surface area contributed by atoms with Crippen molar-refractivity contribution in [2.75, 3.05) is 71.7 Å². The average molecular weight is 706 g/mol. The topological polar surface area (TPSA) is 98.3 Å². The molecule has 4 aromatic rings. The van der Waals surface area contributed by atoms with E-state index in [1.165, 1.54) is 11.0 Å². The van der Waals surface area contributed by atoms with Crippen molar-refractivity contribution in [2.24, 2.45) is 0 Å². The second kappa shape index (κ2) is 16.6. The number of ether oxygens (including phenoxy) is 1. The molecular formula is C37H42Cl2N6O4. The monoisotopic (exact) mass is 704 g/mol. The van der Waals surface area contributed by atoms with Crippen molar-refractivity contribution >= 4 is 69.3 Å². The Balaban J connectivity index is 1.37. The number of benzene rings is 3. The van der Waals surface area contributed by atoms with Gasteiger partial charge in [0.05, 0.1) is 17.3 Å². The molecule has 4 rings (SSSR count). The smallest absolute Gasteiger partial charge is 0.253 e. The molecule has 49 heavy (non-hydrogen) atoms. The maximum atomic E-state index is 13.1. The summed E-state index contributed by atoms with van der Waals surface area (Å²) in [6.45, 7) is 3.10. The minimum Gasteiger partial charge on any atom is -0.487 e. The Kier molecular flexibility index (Phi) is 12.6. The van der Waals surface area contributed by atoms with Gasteiger partial charge in [0.25, 0.3) is 5.91 Å². The van der Waals surface area contributed by atoms with E-state index in [-0.39, 0.29) is 30.0 Å². The number of anilines is 2. The molecule has 3 amide bonds. The molecule has 0 aliphatic carbocycles. The van der Waals surface area contributed by atoms with Crippen LogP contribution in [0.1, 0.15) is 27.2 Å². The zero-order valence-corrected chi connectivity index (χ0v) is 30.4. The summed E-state index contributed by atoms with van der Waals surface area (Å²) in [6.07, 6.45) is 2.95. The number of carbonyl (C=O) groups excluding carboxylic acids is 3. The van der Waals surface area contributed by atoms with E-state index < -0.39 is 5.91 Å². The number of likely N-dealkylation sites (N-methyl/N-ethyl adjacent to an activating group) is 3. The fourth-order valence-corrected chi connectivity index (χ4v) is 5.60. The van der Waals surface area contributed by atoms with Crippen LogP contribution < -0.4 is 19.9 Å². The Bertz CT molecular complexity index is 1860. The quantitative estimate of drug-likeness (QED) is 0.173. The zero-order valence-electron chi connectivity index (χ0n) is 28.9. The highest BCUT2D eigenvalue weighted by Gasteiger charge is 2.20. The summed E-state index contributed by atoms with van der Waals surface area (Å²) in [5.74, 6) is -0.328. The number of aromatic nitrogens is 1. The fraction of sp³-hybridized carbons (Fsp3) is 0.297. The van der Waals surface area contributed by atoms with E-state index >= 15 is 0 Å². The molecule has 10 nitrogen and oxygen atoms in total. The maximum absolute atomic E-state index is 13.1. The first-order valence-electron chi connectivity index (χ1n) is 15.7. The number of para-hydroxylation sites is 1. The van der Waals surface area contributed by atoms with Crippen molar-refractivity contribution in [1.82, 2.24) is 20.1 Å². The van der Waals surface area contributed by atoms with Crippen LogP contribution in [0.25, 0.3) is 17.0 Å². The predicted octanol–water partition coefficient (Wildman–Crippen LogP) is 5.92. The number of nitrogens with one attached hydrogen (secondary N) is 1. The summed E-state index contributed by atoms with van der Waals surface area (Å²) in [7, 11) is 11.2. The first kappa shape index (κ1) is 37.2. The van der Waals surface area contributed by atoms with Gasteiger partial charge < -0.3 is 29.7 Å². The van der Waals surface area contributed by atoms with Gasteiger partial charge in [0, 0.05) is 80.3 Å². The van der Waals surface area contributed by atoms with Crippen molar-refractivity contribution in [3.05, 3.63) is 99.2 Å². The van der Waals surface area contributed by atoms with Crippen LogP contribution in [0.4, 0.5) is 11.4 Å². The molecule has 0 spiro atoms. The predicted molar refractivity (Wildman–Crippen MR) is 199 cm³/mol.